The summed E-state index contributed by atoms with van der Waals surface area (Å²) in [7, 11) is 0. The van der Waals surface area contributed by atoms with Gasteiger partial charge in [0, 0.05) is 4.88 Å². The molecule has 0 amide bonds. The highest BCUT2D eigenvalue weighted by Crippen LogP contribution is 2.29. The monoisotopic (exact) mass is 273 g/mol. The van der Waals surface area contributed by atoms with Crippen molar-refractivity contribution in [3.05, 3.63) is 57.3 Å². The van der Waals surface area contributed by atoms with Crippen molar-refractivity contribution in [2.45, 2.75) is 32.6 Å². The Kier molecular flexibility index (Phi) is 3.97. The summed E-state index contributed by atoms with van der Waals surface area (Å²) in [5.41, 5.74) is 4.03. The molecule has 19 heavy (non-hydrogen) atoms. The second-order valence-corrected chi connectivity index (χ2v) is 5.90. The minimum Gasteiger partial charge on any atom is -0.372 e. The van der Waals surface area contributed by atoms with Crippen LogP contribution in [0.3, 0.4) is 0 Å². The Labute approximate surface area is 118 Å². The van der Waals surface area contributed by atoms with Gasteiger partial charge in [0.1, 0.15) is 0 Å². The Morgan fingerprint density at radius 2 is 2.16 bits per heavy atom. The minimum atomic E-state index is 0.311. The molecule has 1 N–H and O–H groups in total. The highest BCUT2D eigenvalue weighted by Gasteiger charge is 2.18. The lowest BCUT2D eigenvalue weighted by Crippen LogP contribution is -2.22. The number of ether oxygens (including phenoxy) is 1. The lowest BCUT2D eigenvalue weighted by atomic mass is 10.00. The summed E-state index contributed by atoms with van der Waals surface area (Å²) in [5.74, 6) is 0. The Morgan fingerprint density at radius 3 is 2.95 bits per heavy atom. The standard InChI is InChI=1S/C16H19NOS/c1-2-7-17-16(15-4-3-8-19-15)12-5-6-13-10-18-11-14(13)9-12/h3-6,8-9,16-17H,2,7,10-11H2,1H3. The maximum Gasteiger partial charge on any atom is 0.0725 e. The summed E-state index contributed by atoms with van der Waals surface area (Å²) < 4.78 is 5.50. The smallest absolute Gasteiger partial charge is 0.0725 e. The topological polar surface area (TPSA) is 21.3 Å². The molecule has 0 radical (unpaired) electrons. The number of hydrogen-bond donors (Lipinski definition) is 1. The second kappa shape index (κ2) is 5.87. The van der Waals surface area contributed by atoms with Gasteiger partial charge in [0.15, 0.2) is 0 Å². The fourth-order valence-corrected chi connectivity index (χ4v) is 3.33. The van der Waals surface area contributed by atoms with Crippen LogP contribution in [0.1, 0.15) is 41.0 Å². The van der Waals surface area contributed by atoms with Crippen LogP contribution in [0.4, 0.5) is 0 Å². The molecule has 0 aliphatic carbocycles. The van der Waals surface area contributed by atoms with Gasteiger partial charge >= 0.3 is 0 Å². The number of hydrogen-bond acceptors (Lipinski definition) is 3. The number of fused-ring (bicyclic) bond motifs is 1. The molecule has 1 aliphatic heterocycles. The number of benzene rings is 1. The highest BCUT2D eigenvalue weighted by molar-refractivity contribution is 7.10. The molecule has 3 heteroatoms. The predicted molar refractivity (Wildman–Crippen MR) is 79.4 cm³/mol. The largest absolute Gasteiger partial charge is 0.372 e. The number of nitrogens with one attached hydrogen (secondary N) is 1. The summed E-state index contributed by atoms with van der Waals surface area (Å²) in [6, 6.07) is 11.4. The number of rotatable bonds is 5. The van der Waals surface area contributed by atoms with E-state index in [1.54, 1.807) is 0 Å². The first-order valence-corrected chi connectivity index (χ1v) is 7.72. The van der Waals surface area contributed by atoms with Gasteiger partial charge in [0.05, 0.1) is 19.3 Å². The van der Waals surface area contributed by atoms with Gasteiger partial charge in [-0.05, 0) is 41.1 Å². The molecule has 0 spiro atoms. The van der Waals surface area contributed by atoms with E-state index in [4.69, 9.17) is 4.74 Å². The maximum absolute atomic E-state index is 5.50. The van der Waals surface area contributed by atoms with Crippen LogP contribution >= 0.6 is 11.3 Å². The van der Waals surface area contributed by atoms with E-state index in [-0.39, 0.29) is 0 Å². The minimum absolute atomic E-state index is 0.311. The van der Waals surface area contributed by atoms with Crippen LogP contribution in [-0.4, -0.2) is 6.54 Å². The molecule has 0 fully saturated rings. The third kappa shape index (κ3) is 2.73. The molecule has 2 nitrogen and oxygen atoms in total. The molecule has 100 valence electrons. The molecule has 1 atom stereocenters. The molecule has 2 heterocycles. The molecule has 0 saturated carbocycles. The first-order chi connectivity index (χ1) is 9.38. The van der Waals surface area contributed by atoms with Gasteiger partial charge in [-0.1, -0.05) is 31.2 Å². The quantitative estimate of drug-likeness (QED) is 0.893. The third-order valence-corrected chi connectivity index (χ3v) is 4.44. The van der Waals surface area contributed by atoms with Crippen molar-refractivity contribution >= 4 is 11.3 Å². The Balaban J connectivity index is 1.90. The maximum atomic E-state index is 5.50. The van der Waals surface area contributed by atoms with Crippen LogP contribution in [0, 0.1) is 0 Å². The van der Waals surface area contributed by atoms with Gasteiger partial charge in [-0.25, -0.2) is 0 Å². The van der Waals surface area contributed by atoms with E-state index < -0.39 is 0 Å². The van der Waals surface area contributed by atoms with Gasteiger partial charge in [0.2, 0.25) is 0 Å². The Morgan fingerprint density at radius 1 is 1.26 bits per heavy atom. The zero-order valence-electron chi connectivity index (χ0n) is 11.2. The highest BCUT2D eigenvalue weighted by atomic mass is 32.1. The fourth-order valence-electron chi connectivity index (χ4n) is 2.50. The van der Waals surface area contributed by atoms with Gasteiger partial charge < -0.3 is 10.1 Å². The van der Waals surface area contributed by atoms with E-state index in [0.717, 1.165) is 26.2 Å². The van der Waals surface area contributed by atoms with Crippen molar-refractivity contribution in [3.63, 3.8) is 0 Å². The van der Waals surface area contributed by atoms with E-state index in [9.17, 15) is 0 Å². The first-order valence-electron chi connectivity index (χ1n) is 6.84. The zero-order valence-corrected chi connectivity index (χ0v) is 12.0. The Bertz CT molecular complexity index is 536. The molecule has 0 bridgehead atoms. The zero-order chi connectivity index (χ0) is 13.1. The van der Waals surface area contributed by atoms with Crippen molar-refractivity contribution in [3.8, 4) is 0 Å². The summed E-state index contributed by atoms with van der Waals surface area (Å²) >= 11 is 1.82. The normalized spacial score (nSPS) is 15.4. The van der Waals surface area contributed by atoms with Crippen LogP contribution < -0.4 is 5.32 Å². The van der Waals surface area contributed by atoms with Crippen LogP contribution in [0.25, 0.3) is 0 Å². The van der Waals surface area contributed by atoms with Crippen molar-refractivity contribution in [1.82, 2.24) is 5.32 Å². The van der Waals surface area contributed by atoms with E-state index in [2.05, 4.69) is 48.0 Å². The van der Waals surface area contributed by atoms with Crippen LogP contribution in [0.15, 0.2) is 35.7 Å². The van der Waals surface area contributed by atoms with Gasteiger partial charge in [-0.3, -0.25) is 0 Å². The molecule has 1 aliphatic rings. The van der Waals surface area contributed by atoms with E-state index in [1.807, 2.05) is 11.3 Å². The van der Waals surface area contributed by atoms with E-state index in [1.165, 1.54) is 21.6 Å². The van der Waals surface area contributed by atoms with Crippen molar-refractivity contribution < 1.29 is 4.74 Å². The molecular weight excluding hydrogens is 254 g/mol. The van der Waals surface area contributed by atoms with E-state index >= 15 is 0 Å². The summed E-state index contributed by atoms with van der Waals surface area (Å²) in [5, 5.41) is 5.79. The van der Waals surface area contributed by atoms with Gasteiger partial charge in [-0.2, -0.15) is 0 Å². The second-order valence-electron chi connectivity index (χ2n) is 4.92. The fraction of sp³-hybridized carbons (Fsp3) is 0.375. The molecule has 1 unspecified atom stereocenters. The van der Waals surface area contributed by atoms with Crippen LogP contribution in [-0.2, 0) is 18.0 Å². The lowest BCUT2D eigenvalue weighted by Gasteiger charge is -2.18. The van der Waals surface area contributed by atoms with Crippen molar-refractivity contribution in [2.75, 3.05) is 6.54 Å². The lowest BCUT2D eigenvalue weighted by molar-refractivity contribution is 0.134. The van der Waals surface area contributed by atoms with Crippen LogP contribution in [0.2, 0.25) is 0 Å². The number of thiophene rings is 1. The van der Waals surface area contributed by atoms with E-state index in [0.29, 0.717) is 6.04 Å². The van der Waals surface area contributed by atoms with Gasteiger partial charge in [0.25, 0.3) is 0 Å². The predicted octanol–water partition coefficient (Wildman–Crippen LogP) is 3.87. The summed E-state index contributed by atoms with van der Waals surface area (Å²) in [6.07, 6.45) is 1.15. The summed E-state index contributed by atoms with van der Waals surface area (Å²) in [4.78, 5) is 1.38. The Hall–Kier alpha value is -1.16. The van der Waals surface area contributed by atoms with Crippen molar-refractivity contribution in [1.29, 1.82) is 0 Å². The third-order valence-electron chi connectivity index (χ3n) is 3.50. The summed E-state index contributed by atoms with van der Waals surface area (Å²) in [6.45, 7) is 4.76. The van der Waals surface area contributed by atoms with Crippen molar-refractivity contribution in [2.24, 2.45) is 0 Å². The molecule has 3 rings (SSSR count). The SMILES string of the molecule is CCCNC(c1ccc2c(c1)COC2)c1cccs1. The average molecular weight is 273 g/mol. The first kappa shape index (κ1) is 12.9. The molecule has 1 aromatic carbocycles. The molecule has 1 aromatic heterocycles. The molecular formula is C16H19NOS. The average Bonchev–Trinajstić information content (AvgIpc) is 3.09. The molecule has 0 saturated heterocycles. The molecule has 2 aromatic rings. The van der Waals surface area contributed by atoms with Gasteiger partial charge in [-0.15, -0.1) is 11.3 Å². The van der Waals surface area contributed by atoms with Crippen LogP contribution in [0.5, 0.6) is 0 Å².